The van der Waals surface area contributed by atoms with E-state index in [1.807, 2.05) is 6.07 Å². The molecular weight excluding hydrogens is 902 g/mol. The second-order valence-corrected chi connectivity index (χ2v) is 25.0. The SMILES string of the molecule is FC(F)(F)c1cc(P(CC2CCCC2(c2ccccc2P(C2CCCCC2)C2CCCCC2)C2CCCC(C3CCCC3)C2)c2cc(C(F)(F)F)cc(C(F)(F)F)c2)cc(C(F)(F)F)c1. The highest BCUT2D eigenvalue weighted by Crippen LogP contribution is 2.63. The summed E-state index contributed by atoms with van der Waals surface area (Å²) in [5, 5.41) is 0.281. The number of hydrogen-bond donors (Lipinski definition) is 0. The topological polar surface area (TPSA) is 0 Å². The van der Waals surface area contributed by atoms with Gasteiger partial charge in [-0.25, -0.2) is 0 Å². The van der Waals surface area contributed by atoms with Gasteiger partial charge in [0.25, 0.3) is 0 Å². The minimum absolute atomic E-state index is 0.0234. The smallest absolute Gasteiger partial charge is 0.166 e. The van der Waals surface area contributed by atoms with Crippen molar-refractivity contribution in [3.8, 4) is 0 Å². The Bertz CT molecular complexity index is 1910. The number of rotatable bonds is 10. The fraction of sp³-hybridized carbons (Fsp3) is 0.647. The van der Waals surface area contributed by atoms with Crippen LogP contribution in [0.4, 0.5) is 52.7 Å². The van der Waals surface area contributed by atoms with Crippen molar-refractivity contribution in [1.29, 1.82) is 0 Å². The van der Waals surface area contributed by atoms with Crippen molar-refractivity contribution in [1.82, 2.24) is 0 Å². The first-order chi connectivity index (χ1) is 30.7. The van der Waals surface area contributed by atoms with Crippen molar-refractivity contribution in [2.45, 2.75) is 176 Å². The number of halogens is 12. The molecule has 65 heavy (non-hydrogen) atoms. The largest absolute Gasteiger partial charge is 0.416 e. The van der Waals surface area contributed by atoms with Gasteiger partial charge in [-0.3, -0.25) is 0 Å². The van der Waals surface area contributed by atoms with Crippen molar-refractivity contribution < 1.29 is 52.7 Å². The Morgan fingerprint density at radius 3 is 1.38 bits per heavy atom. The predicted molar refractivity (Wildman–Crippen MR) is 237 cm³/mol. The fourth-order valence-electron chi connectivity index (χ4n) is 13.3. The fourth-order valence-corrected chi connectivity index (χ4v) is 20.2. The molecule has 358 valence electrons. The van der Waals surface area contributed by atoms with Crippen LogP contribution in [0.15, 0.2) is 60.7 Å². The molecule has 0 amide bonds. The Hall–Kier alpha value is -2.32. The van der Waals surface area contributed by atoms with Gasteiger partial charge in [-0.15, -0.1) is 0 Å². The van der Waals surface area contributed by atoms with Crippen LogP contribution in [-0.4, -0.2) is 17.5 Å². The van der Waals surface area contributed by atoms with Crippen molar-refractivity contribution in [3.63, 3.8) is 0 Å². The van der Waals surface area contributed by atoms with Gasteiger partial charge in [-0.1, -0.05) is 116 Å². The molecule has 14 heteroatoms. The summed E-state index contributed by atoms with van der Waals surface area (Å²) in [5.41, 5.74) is -4.98. The first kappa shape index (κ1) is 49.1. The van der Waals surface area contributed by atoms with Gasteiger partial charge in [-0.05, 0) is 158 Å². The van der Waals surface area contributed by atoms with Crippen molar-refractivity contribution >= 4 is 31.8 Å². The standard InChI is InChI=1S/C51H60F12P2/c52-48(53,54)37-26-38(49(55,56)57)29-43(28-37)64(44-30-39(50(58,59)60)27-40(31-44)51(61,62)63)32-36-17-12-24-47(36,35-16-11-15-34(25-35)33-13-7-8-14-33)45-22-9-10-23-46(45)65(41-18-3-1-4-19-41)42-20-5-2-6-21-42/h9-10,22-23,26-31,33-36,41-42H,1-8,11-21,24-25,32H2. The highest BCUT2D eigenvalue weighted by molar-refractivity contribution is 7.73. The third kappa shape index (κ3) is 10.8. The van der Waals surface area contributed by atoms with Gasteiger partial charge in [0.2, 0.25) is 0 Å². The summed E-state index contributed by atoms with van der Waals surface area (Å²) in [7, 11) is -3.34. The maximum atomic E-state index is 14.6. The molecule has 0 nitrogen and oxygen atoms in total. The van der Waals surface area contributed by atoms with Crippen LogP contribution in [0.25, 0.3) is 0 Å². The van der Waals surface area contributed by atoms with Gasteiger partial charge < -0.3 is 0 Å². The third-order valence-electron chi connectivity index (χ3n) is 16.2. The minimum Gasteiger partial charge on any atom is -0.166 e. The number of benzene rings is 3. The summed E-state index contributed by atoms with van der Waals surface area (Å²) in [5.74, 6) is 0.656. The van der Waals surface area contributed by atoms with Crippen LogP contribution in [-0.2, 0) is 30.1 Å². The summed E-state index contributed by atoms with van der Waals surface area (Å²) in [6, 6.07) is 10.8. The molecule has 0 heterocycles. The molecule has 0 bridgehead atoms. The van der Waals surface area contributed by atoms with Crippen molar-refractivity contribution in [3.05, 3.63) is 88.5 Å². The van der Waals surface area contributed by atoms with Crippen LogP contribution in [0.3, 0.4) is 0 Å². The lowest BCUT2D eigenvalue weighted by Crippen LogP contribution is -2.46. The predicted octanol–water partition coefficient (Wildman–Crippen LogP) is 16.7. The monoisotopic (exact) mass is 962 g/mol. The summed E-state index contributed by atoms with van der Waals surface area (Å²) < 4.78 is 175. The van der Waals surface area contributed by atoms with Crippen LogP contribution in [0.5, 0.6) is 0 Å². The number of hydrogen-bond acceptors (Lipinski definition) is 0. The quantitative estimate of drug-likeness (QED) is 0.140. The lowest BCUT2D eigenvalue weighted by Gasteiger charge is -2.50. The zero-order valence-electron chi connectivity index (χ0n) is 36.7. The van der Waals surface area contributed by atoms with E-state index in [2.05, 4.69) is 18.2 Å². The first-order valence-corrected chi connectivity index (χ1v) is 27.0. The Kier molecular flexibility index (Phi) is 14.8. The molecule has 5 aliphatic carbocycles. The molecule has 5 fully saturated rings. The van der Waals surface area contributed by atoms with E-state index in [-0.39, 0.29) is 24.2 Å². The van der Waals surface area contributed by atoms with E-state index in [1.165, 1.54) is 23.7 Å². The second kappa shape index (κ2) is 19.6. The second-order valence-electron chi connectivity index (χ2n) is 19.9. The summed E-state index contributed by atoms with van der Waals surface area (Å²) >= 11 is 0. The molecule has 0 radical (unpaired) electrons. The molecule has 0 N–H and O–H groups in total. The molecule has 5 saturated carbocycles. The summed E-state index contributed by atoms with van der Waals surface area (Å²) in [6.45, 7) is 0. The van der Waals surface area contributed by atoms with Gasteiger partial charge in [0.15, 0.2) is 0 Å². The van der Waals surface area contributed by atoms with E-state index in [9.17, 15) is 52.7 Å². The van der Waals surface area contributed by atoms with E-state index < -0.39 is 84.7 Å². The van der Waals surface area contributed by atoms with Crippen molar-refractivity contribution in [2.24, 2.45) is 23.7 Å². The molecule has 0 saturated heterocycles. The van der Waals surface area contributed by atoms with Gasteiger partial charge in [0, 0.05) is 5.41 Å². The molecule has 0 spiro atoms. The highest BCUT2D eigenvalue weighted by Gasteiger charge is 2.54. The van der Waals surface area contributed by atoms with Crippen LogP contribution in [0.2, 0.25) is 0 Å². The van der Waals surface area contributed by atoms with E-state index in [0.29, 0.717) is 66.7 Å². The summed E-state index contributed by atoms with van der Waals surface area (Å²) in [6.07, 6.45) is 0.517. The first-order valence-electron chi connectivity index (χ1n) is 24.0. The van der Waals surface area contributed by atoms with E-state index in [1.54, 1.807) is 0 Å². The van der Waals surface area contributed by atoms with E-state index >= 15 is 0 Å². The maximum Gasteiger partial charge on any atom is 0.416 e. The zero-order chi connectivity index (χ0) is 46.4. The van der Waals surface area contributed by atoms with Crippen LogP contribution in [0.1, 0.15) is 163 Å². The molecular formula is C51H60F12P2. The van der Waals surface area contributed by atoms with E-state index in [4.69, 9.17) is 0 Å². The lowest BCUT2D eigenvalue weighted by molar-refractivity contribution is -0.144. The normalized spacial score (nSPS) is 26.2. The van der Waals surface area contributed by atoms with Crippen LogP contribution in [0, 0.1) is 23.7 Å². The molecule has 8 rings (SSSR count). The van der Waals surface area contributed by atoms with Crippen LogP contribution < -0.4 is 15.9 Å². The Labute approximate surface area is 378 Å². The average molecular weight is 963 g/mol. The Balaban J connectivity index is 1.35. The van der Waals surface area contributed by atoms with Gasteiger partial charge in [0.05, 0.1) is 22.3 Å². The van der Waals surface area contributed by atoms with Gasteiger partial charge in [-0.2, -0.15) is 52.7 Å². The van der Waals surface area contributed by atoms with Crippen molar-refractivity contribution in [2.75, 3.05) is 6.16 Å². The molecule has 3 aromatic rings. The Morgan fingerprint density at radius 2 is 0.908 bits per heavy atom. The number of alkyl halides is 12. The molecule has 4 atom stereocenters. The summed E-state index contributed by atoms with van der Waals surface area (Å²) in [4.78, 5) is 0. The molecule has 3 aromatic carbocycles. The van der Waals surface area contributed by atoms with Gasteiger partial charge in [0.1, 0.15) is 0 Å². The average Bonchev–Trinajstić information content (AvgIpc) is 3.97. The van der Waals surface area contributed by atoms with E-state index in [0.717, 1.165) is 103 Å². The minimum atomic E-state index is -5.27. The molecule has 0 aromatic heterocycles. The third-order valence-corrected chi connectivity index (χ3v) is 22.3. The van der Waals surface area contributed by atoms with Crippen LogP contribution >= 0.6 is 15.8 Å². The van der Waals surface area contributed by atoms with Gasteiger partial charge >= 0.3 is 24.7 Å². The molecule has 4 unspecified atom stereocenters. The maximum absolute atomic E-state index is 14.6. The molecule has 5 aliphatic rings. The lowest BCUT2D eigenvalue weighted by atomic mass is 9.57. The highest BCUT2D eigenvalue weighted by atomic mass is 31.1. The Morgan fingerprint density at radius 1 is 0.462 bits per heavy atom. The zero-order valence-corrected chi connectivity index (χ0v) is 38.5. The molecule has 0 aliphatic heterocycles.